The zero-order valence-electron chi connectivity index (χ0n) is 10.7. The summed E-state index contributed by atoms with van der Waals surface area (Å²) in [7, 11) is 0. The van der Waals surface area contributed by atoms with Crippen LogP contribution in [0.2, 0.25) is 0 Å². The van der Waals surface area contributed by atoms with Crippen molar-refractivity contribution in [2.75, 3.05) is 12.4 Å². The van der Waals surface area contributed by atoms with Crippen molar-refractivity contribution >= 4 is 22.9 Å². The average Bonchev–Trinajstić information content (AvgIpc) is 2.96. The summed E-state index contributed by atoms with van der Waals surface area (Å²) in [5.41, 5.74) is 1.74. The van der Waals surface area contributed by atoms with E-state index in [9.17, 15) is 0 Å². The lowest BCUT2D eigenvalue weighted by molar-refractivity contribution is 0.328. The number of imidazole rings is 1. The number of nitrogens with one attached hydrogen (secondary N) is 1. The highest BCUT2D eigenvalue weighted by atomic mass is 32.2. The molecule has 1 aliphatic heterocycles. The van der Waals surface area contributed by atoms with Crippen LogP contribution in [0.15, 0.2) is 12.1 Å². The van der Waals surface area contributed by atoms with Crippen molar-refractivity contribution in [3.63, 3.8) is 0 Å². The van der Waals surface area contributed by atoms with Gasteiger partial charge in [0.25, 0.3) is 0 Å². The van der Waals surface area contributed by atoms with Crippen molar-refractivity contribution in [2.45, 2.75) is 31.4 Å². The first-order valence-electron chi connectivity index (χ1n) is 6.35. The van der Waals surface area contributed by atoms with Crippen molar-refractivity contribution in [2.24, 2.45) is 0 Å². The number of nitrogens with zero attached hydrogens (tertiary/aromatic N) is 2. The number of H-pyrrole nitrogens is 1. The first-order valence-corrected chi connectivity index (χ1v) is 7.34. The van der Waals surface area contributed by atoms with Gasteiger partial charge in [0.05, 0.1) is 16.9 Å². The van der Waals surface area contributed by atoms with Crippen molar-refractivity contribution < 1.29 is 4.74 Å². The minimum absolute atomic E-state index is 0.118. The lowest BCUT2D eigenvalue weighted by Crippen LogP contribution is -2.14. The molecule has 1 saturated heterocycles. The second-order valence-corrected chi connectivity index (χ2v) is 6.32. The van der Waals surface area contributed by atoms with E-state index in [1.807, 2.05) is 30.8 Å². The Labute approximate surface area is 111 Å². The predicted molar refractivity (Wildman–Crippen MR) is 74.1 cm³/mol. The molecule has 1 atom stereocenters. The van der Waals surface area contributed by atoms with Crippen LogP contribution >= 0.6 is 11.8 Å². The van der Waals surface area contributed by atoms with Gasteiger partial charge in [-0.05, 0) is 38.5 Å². The maximum Gasteiger partial charge on any atom is 0.215 e. The maximum absolute atomic E-state index is 5.40. The summed E-state index contributed by atoms with van der Waals surface area (Å²) in [4.78, 5) is 12.5. The molecule has 96 valence electrons. The third kappa shape index (κ3) is 1.96. The van der Waals surface area contributed by atoms with Crippen molar-refractivity contribution in [1.82, 2.24) is 15.0 Å². The summed E-state index contributed by atoms with van der Waals surface area (Å²) in [5.74, 6) is 2.90. The number of ether oxygens (including phenoxy) is 1. The Kier molecular flexibility index (Phi) is 2.93. The van der Waals surface area contributed by atoms with Gasteiger partial charge in [0.1, 0.15) is 5.82 Å². The normalized spacial score (nSPS) is 23.7. The first kappa shape index (κ1) is 11.8. The van der Waals surface area contributed by atoms with E-state index in [0.29, 0.717) is 12.5 Å². The molecule has 0 spiro atoms. The monoisotopic (exact) mass is 263 g/mol. The van der Waals surface area contributed by atoms with Gasteiger partial charge in [-0.15, -0.1) is 11.8 Å². The van der Waals surface area contributed by atoms with Crippen molar-refractivity contribution in [3.05, 3.63) is 18.0 Å². The molecular weight excluding hydrogens is 246 g/mol. The van der Waals surface area contributed by atoms with Crippen LogP contribution in [0.5, 0.6) is 5.88 Å². The van der Waals surface area contributed by atoms with Gasteiger partial charge in [-0.25, -0.2) is 4.98 Å². The number of pyridine rings is 1. The number of fused-ring (bicyclic) bond motifs is 1. The molecule has 1 N–H and O–H groups in total. The van der Waals surface area contributed by atoms with Gasteiger partial charge in [0.2, 0.25) is 5.88 Å². The lowest BCUT2D eigenvalue weighted by atomic mass is 10.1. The van der Waals surface area contributed by atoms with E-state index in [0.717, 1.165) is 17.0 Å². The quantitative estimate of drug-likeness (QED) is 0.924. The number of aromatic amines is 1. The molecule has 0 bridgehead atoms. The third-order valence-electron chi connectivity index (χ3n) is 3.33. The van der Waals surface area contributed by atoms with Gasteiger partial charge < -0.3 is 9.72 Å². The van der Waals surface area contributed by atoms with E-state index in [4.69, 9.17) is 4.74 Å². The number of rotatable bonds is 3. The fourth-order valence-electron chi connectivity index (χ4n) is 2.32. The zero-order valence-corrected chi connectivity index (χ0v) is 11.5. The molecule has 0 saturated carbocycles. The van der Waals surface area contributed by atoms with Gasteiger partial charge in [-0.1, -0.05) is 0 Å². The van der Waals surface area contributed by atoms with E-state index in [2.05, 4.69) is 21.9 Å². The molecule has 1 unspecified atom stereocenters. The summed E-state index contributed by atoms with van der Waals surface area (Å²) in [5, 5.41) is 0. The summed E-state index contributed by atoms with van der Waals surface area (Å²) < 4.78 is 5.52. The van der Waals surface area contributed by atoms with Gasteiger partial charge in [-0.3, -0.25) is 0 Å². The molecule has 3 rings (SSSR count). The minimum atomic E-state index is 0.118. The van der Waals surface area contributed by atoms with Crippen molar-refractivity contribution in [1.29, 1.82) is 0 Å². The zero-order chi connectivity index (χ0) is 12.6. The van der Waals surface area contributed by atoms with Gasteiger partial charge in [0, 0.05) is 6.07 Å². The fourth-order valence-corrected chi connectivity index (χ4v) is 3.58. The van der Waals surface area contributed by atoms with Crippen molar-refractivity contribution in [3.8, 4) is 5.88 Å². The molecule has 0 radical (unpaired) electrons. The lowest BCUT2D eigenvalue weighted by Gasteiger charge is -2.18. The highest BCUT2D eigenvalue weighted by Crippen LogP contribution is 2.45. The average molecular weight is 263 g/mol. The molecule has 1 fully saturated rings. The molecule has 2 aromatic rings. The standard InChI is InChI=1S/C13H17N3OS/c1-3-17-10-6-5-9-11(15-10)16-12(14-9)13(2)7-4-8-18-13/h5-6H,3-4,7-8H2,1-2H3,(H,14,15,16). The second kappa shape index (κ2) is 4.46. The smallest absolute Gasteiger partial charge is 0.215 e. The SMILES string of the molecule is CCOc1ccc2[nH]c(C3(C)CCCS3)nc2n1. The molecule has 1 aliphatic rings. The topological polar surface area (TPSA) is 50.8 Å². The van der Waals surface area contributed by atoms with E-state index in [-0.39, 0.29) is 4.75 Å². The largest absolute Gasteiger partial charge is 0.478 e. The van der Waals surface area contributed by atoms with E-state index in [1.54, 1.807) is 0 Å². The fraction of sp³-hybridized carbons (Fsp3) is 0.538. The second-order valence-electron chi connectivity index (χ2n) is 4.72. The minimum Gasteiger partial charge on any atom is -0.478 e. The Hall–Kier alpha value is -1.23. The third-order valence-corrected chi connectivity index (χ3v) is 4.86. The molecule has 0 aromatic carbocycles. The molecular formula is C13H17N3OS. The molecule has 4 nitrogen and oxygen atoms in total. The molecule has 2 aromatic heterocycles. The highest BCUT2D eigenvalue weighted by molar-refractivity contribution is 8.00. The molecule has 0 amide bonds. The van der Waals surface area contributed by atoms with Crippen LogP contribution in [-0.4, -0.2) is 27.3 Å². The van der Waals surface area contributed by atoms with Crippen LogP contribution in [0.25, 0.3) is 11.2 Å². The number of hydrogen-bond donors (Lipinski definition) is 1. The first-order chi connectivity index (χ1) is 8.71. The number of hydrogen-bond acceptors (Lipinski definition) is 4. The Morgan fingerprint density at radius 3 is 3.06 bits per heavy atom. The Balaban J connectivity index is 2.00. The van der Waals surface area contributed by atoms with E-state index < -0.39 is 0 Å². The van der Waals surface area contributed by atoms with Crippen LogP contribution in [0.1, 0.15) is 32.5 Å². The van der Waals surface area contributed by atoms with Gasteiger partial charge in [-0.2, -0.15) is 4.98 Å². The van der Waals surface area contributed by atoms with Crippen LogP contribution in [-0.2, 0) is 4.75 Å². The van der Waals surface area contributed by atoms with E-state index in [1.165, 1.54) is 18.6 Å². The van der Waals surface area contributed by atoms with Crippen LogP contribution in [0.4, 0.5) is 0 Å². The Bertz CT molecular complexity index is 560. The molecule has 0 aliphatic carbocycles. The van der Waals surface area contributed by atoms with Crippen LogP contribution < -0.4 is 4.74 Å². The summed E-state index contributed by atoms with van der Waals surface area (Å²) in [6.45, 7) is 4.84. The summed E-state index contributed by atoms with van der Waals surface area (Å²) in [6, 6.07) is 3.88. The molecule has 18 heavy (non-hydrogen) atoms. The molecule has 5 heteroatoms. The highest BCUT2D eigenvalue weighted by Gasteiger charge is 2.34. The Morgan fingerprint density at radius 2 is 2.33 bits per heavy atom. The summed E-state index contributed by atoms with van der Waals surface area (Å²) in [6.07, 6.45) is 2.44. The van der Waals surface area contributed by atoms with Crippen LogP contribution in [0.3, 0.4) is 0 Å². The number of aromatic nitrogens is 3. The van der Waals surface area contributed by atoms with Gasteiger partial charge in [0.15, 0.2) is 5.65 Å². The maximum atomic E-state index is 5.40. The van der Waals surface area contributed by atoms with E-state index >= 15 is 0 Å². The van der Waals surface area contributed by atoms with Gasteiger partial charge >= 0.3 is 0 Å². The van der Waals surface area contributed by atoms with Crippen LogP contribution in [0, 0.1) is 0 Å². The molecule has 3 heterocycles. The predicted octanol–water partition coefficient (Wildman–Crippen LogP) is 3.10. The Morgan fingerprint density at radius 1 is 1.44 bits per heavy atom. The number of thioether (sulfide) groups is 1. The summed E-state index contributed by atoms with van der Waals surface area (Å²) >= 11 is 1.97.